The number of hydrogen-bond donors (Lipinski definition) is 1. The number of benzene rings is 2. The summed E-state index contributed by atoms with van der Waals surface area (Å²) in [4.78, 5) is 17.1. The number of fused-ring (bicyclic) bond motifs is 1. The van der Waals surface area contributed by atoms with E-state index in [0.29, 0.717) is 17.3 Å². The number of aromatic nitrogens is 1. The largest absolute Gasteiger partial charge is 0.287 e. The molecule has 3 aromatic rings. The zero-order valence-corrected chi connectivity index (χ0v) is 16.0. The quantitative estimate of drug-likeness (QED) is 0.714. The molecular weight excluding hydrogens is 354 g/mol. The van der Waals surface area contributed by atoms with Gasteiger partial charge >= 0.3 is 0 Å². The van der Waals surface area contributed by atoms with Crippen molar-refractivity contribution in [3.63, 3.8) is 0 Å². The third-order valence-electron chi connectivity index (χ3n) is 4.58. The molecule has 0 unspecified atom stereocenters. The van der Waals surface area contributed by atoms with Gasteiger partial charge in [-0.1, -0.05) is 72.0 Å². The van der Waals surface area contributed by atoms with Crippen molar-refractivity contribution in [3.8, 4) is 11.1 Å². The molecule has 2 aromatic carbocycles. The number of anilines is 1. The van der Waals surface area contributed by atoms with Gasteiger partial charge in [-0.05, 0) is 30.5 Å². The van der Waals surface area contributed by atoms with E-state index in [0.717, 1.165) is 32.1 Å². The summed E-state index contributed by atoms with van der Waals surface area (Å²) in [6, 6.07) is 16.2. The molecule has 134 valence electrons. The molecule has 0 fully saturated rings. The number of hydrazone groups is 1. The van der Waals surface area contributed by atoms with Crippen LogP contribution in [0.15, 0.2) is 53.6 Å². The number of thiazole rings is 1. The van der Waals surface area contributed by atoms with Crippen LogP contribution in [0.5, 0.6) is 0 Å². The Labute approximate surface area is 161 Å². The van der Waals surface area contributed by atoms with Crippen molar-refractivity contribution in [2.24, 2.45) is 5.10 Å². The SMILES string of the molecule is C/C=c1/nc(N/N=C2/Cc3cc(-c4ccccc4)ccc3C2=O)s/c1=C/C. The number of rotatable bonds is 3. The zero-order chi connectivity index (χ0) is 18.8. The minimum atomic E-state index is -0.0155. The lowest BCUT2D eigenvalue weighted by Gasteiger charge is -2.03. The van der Waals surface area contributed by atoms with Gasteiger partial charge in [0.15, 0.2) is 0 Å². The van der Waals surface area contributed by atoms with Gasteiger partial charge in [0.1, 0.15) is 5.71 Å². The summed E-state index contributed by atoms with van der Waals surface area (Å²) in [5.74, 6) is -0.0155. The Balaban J connectivity index is 1.60. The van der Waals surface area contributed by atoms with Crippen LogP contribution in [0.2, 0.25) is 0 Å². The second-order valence-corrected chi connectivity index (χ2v) is 7.29. The fraction of sp³-hybridized carbons (Fsp3) is 0.136. The highest BCUT2D eigenvalue weighted by Crippen LogP contribution is 2.27. The van der Waals surface area contributed by atoms with E-state index in [9.17, 15) is 4.79 Å². The number of Topliss-reactive ketones (excluding diaryl/α,β-unsaturated/α-hetero) is 1. The Bertz CT molecular complexity index is 1130. The summed E-state index contributed by atoms with van der Waals surface area (Å²) in [7, 11) is 0. The van der Waals surface area contributed by atoms with Crippen LogP contribution >= 0.6 is 11.3 Å². The fourth-order valence-electron chi connectivity index (χ4n) is 3.20. The van der Waals surface area contributed by atoms with Crippen molar-refractivity contribution in [2.45, 2.75) is 20.3 Å². The summed E-state index contributed by atoms with van der Waals surface area (Å²) in [6.07, 6.45) is 4.52. The first-order chi connectivity index (χ1) is 13.2. The molecule has 0 atom stereocenters. The molecule has 0 spiro atoms. The number of hydrogen-bond acceptors (Lipinski definition) is 5. The van der Waals surface area contributed by atoms with Crippen LogP contribution in [0, 0.1) is 0 Å². The Hall–Kier alpha value is -3.05. The predicted octanol–water partition coefficient (Wildman–Crippen LogP) is 3.62. The molecule has 4 rings (SSSR count). The Morgan fingerprint density at radius 2 is 1.89 bits per heavy atom. The molecular formula is C22H19N3OS. The first-order valence-electron chi connectivity index (χ1n) is 8.84. The van der Waals surface area contributed by atoms with Crippen molar-refractivity contribution in [1.29, 1.82) is 0 Å². The molecule has 0 aliphatic heterocycles. The van der Waals surface area contributed by atoms with Gasteiger partial charge in [0.2, 0.25) is 10.9 Å². The smallest absolute Gasteiger partial charge is 0.209 e. The molecule has 27 heavy (non-hydrogen) atoms. The number of carbonyl (C=O) groups excluding carboxylic acids is 1. The predicted molar refractivity (Wildman–Crippen MR) is 113 cm³/mol. The van der Waals surface area contributed by atoms with E-state index in [4.69, 9.17) is 0 Å². The van der Waals surface area contributed by atoms with Gasteiger partial charge in [0, 0.05) is 12.0 Å². The third-order valence-corrected chi connectivity index (χ3v) is 5.62. The van der Waals surface area contributed by atoms with E-state index in [-0.39, 0.29) is 5.78 Å². The molecule has 5 heteroatoms. The first kappa shape index (κ1) is 17.4. The summed E-state index contributed by atoms with van der Waals surface area (Å²) >= 11 is 1.52. The second-order valence-electron chi connectivity index (χ2n) is 6.26. The summed E-state index contributed by atoms with van der Waals surface area (Å²) < 4.78 is 1.09. The van der Waals surface area contributed by atoms with Crippen LogP contribution in [0.1, 0.15) is 29.8 Å². The second kappa shape index (κ2) is 7.29. The highest BCUT2D eigenvalue weighted by molar-refractivity contribution is 7.13. The van der Waals surface area contributed by atoms with Gasteiger partial charge < -0.3 is 0 Å². The molecule has 0 bridgehead atoms. The van der Waals surface area contributed by atoms with Gasteiger partial charge in [-0.2, -0.15) is 5.10 Å². The topological polar surface area (TPSA) is 54.4 Å². The van der Waals surface area contributed by atoms with E-state index >= 15 is 0 Å². The minimum Gasteiger partial charge on any atom is -0.287 e. The van der Waals surface area contributed by atoms with E-state index < -0.39 is 0 Å². The number of ketones is 1. The molecule has 0 saturated carbocycles. The molecule has 1 aliphatic rings. The van der Waals surface area contributed by atoms with E-state index in [1.807, 2.05) is 56.3 Å². The Morgan fingerprint density at radius 1 is 1.07 bits per heavy atom. The lowest BCUT2D eigenvalue weighted by molar-refractivity contribution is 0.106. The number of nitrogens with one attached hydrogen (secondary N) is 1. The van der Waals surface area contributed by atoms with Crippen molar-refractivity contribution >= 4 is 40.1 Å². The van der Waals surface area contributed by atoms with Crippen molar-refractivity contribution < 1.29 is 4.79 Å². The van der Waals surface area contributed by atoms with Crippen LogP contribution in [0.4, 0.5) is 5.13 Å². The number of carbonyl (C=O) groups is 1. The van der Waals surface area contributed by atoms with Gasteiger partial charge in [-0.3, -0.25) is 10.2 Å². The zero-order valence-electron chi connectivity index (χ0n) is 15.2. The van der Waals surface area contributed by atoms with E-state index in [1.54, 1.807) is 0 Å². The van der Waals surface area contributed by atoms with Crippen molar-refractivity contribution in [3.05, 3.63) is 69.5 Å². The first-order valence-corrected chi connectivity index (χ1v) is 9.66. The third kappa shape index (κ3) is 3.34. The van der Waals surface area contributed by atoms with Gasteiger partial charge in [-0.25, -0.2) is 4.98 Å². The maximum absolute atomic E-state index is 12.7. The standard InChI is InChI=1S/C22H19N3OS/c1-3-18-20(4-2)27-22(23-18)25-24-19-13-16-12-15(10-11-17(16)21(19)26)14-8-6-5-7-9-14/h3-12H,13H2,1-2H3,(H,23,25)/b18-3+,20-4+,24-19-. The molecule has 1 aliphatic carbocycles. The van der Waals surface area contributed by atoms with Crippen LogP contribution in [0.3, 0.4) is 0 Å². The monoisotopic (exact) mass is 373 g/mol. The average Bonchev–Trinajstić information content (AvgIpc) is 3.27. The molecule has 1 aromatic heterocycles. The average molecular weight is 373 g/mol. The molecule has 4 nitrogen and oxygen atoms in total. The lowest BCUT2D eigenvalue weighted by atomic mass is 10.0. The van der Waals surface area contributed by atoms with Gasteiger partial charge in [0.05, 0.1) is 9.88 Å². The van der Waals surface area contributed by atoms with E-state index in [1.165, 1.54) is 11.3 Å². The fourth-order valence-corrected chi connectivity index (χ4v) is 4.03. The molecule has 1 heterocycles. The van der Waals surface area contributed by atoms with Crippen LogP contribution < -0.4 is 15.3 Å². The Morgan fingerprint density at radius 3 is 2.59 bits per heavy atom. The van der Waals surface area contributed by atoms with Crippen molar-refractivity contribution in [1.82, 2.24) is 4.98 Å². The van der Waals surface area contributed by atoms with Gasteiger partial charge in [0.25, 0.3) is 0 Å². The normalized spacial score (nSPS) is 16.2. The molecule has 1 N–H and O–H groups in total. The maximum atomic E-state index is 12.7. The lowest BCUT2D eigenvalue weighted by Crippen LogP contribution is -2.19. The van der Waals surface area contributed by atoms with Gasteiger partial charge in [-0.15, -0.1) is 0 Å². The van der Waals surface area contributed by atoms with E-state index in [2.05, 4.69) is 33.7 Å². The molecule has 0 radical (unpaired) electrons. The Kier molecular flexibility index (Phi) is 4.69. The molecule has 0 amide bonds. The summed E-state index contributed by atoms with van der Waals surface area (Å²) in [6.45, 7) is 3.94. The highest BCUT2D eigenvalue weighted by Gasteiger charge is 2.27. The van der Waals surface area contributed by atoms with Crippen LogP contribution in [-0.4, -0.2) is 16.5 Å². The van der Waals surface area contributed by atoms with Crippen LogP contribution in [0.25, 0.3) is 23.3 Å². The number of nitrogens with zero attached hydrogens (tertiary/aromatic N) is 2. The minimum absolute atomic E-state index is 0.0155. The summed E-state index contributed by atoms with van der Waals surface area (Å²) in [5, 5.41) is 5.97. The van der Waals surface area contributed by atoms with Crippen molar-refractivity contribution in [2.75, 3.05) is 5.43 Å². The maximum Gasteiger partial charge on any atom is 0.209 e. The molecule has 0 saturated heterocycles. The van der Waals surface area contributed by atoms with Crippen LogP contribution in [-0.2, 0) is 6.42 Å². The highest BCUT2D eigenvalue weighted by atomic mass is 32.1. The summed E-state index contributed by atoms with van der Waals surface area (Å²) in [5.41, 5.74) is 7.50.